The number of nitrogens with one attached hydrogen (secondary N) is 2. The van der Waals surface area contributed by atoms with Crippen molar-refractivity contribution in [2.75, 3.05) is 11.9 Å². The van der Waals surface area contributed by atoms with Crippen LogP contribution < -0.4 is 10.6 Å². The summed E-state index contributed by atoms with van der Waals surface area (Å²) in [6.07, 6.45) is 3.31. The lowest BCUT2D eigenvalue weighted by molar-refractivity contribution is 0.0372. The molecule has 7 nitrogen and oxygen atoms in total. The largest absolute Gasteiger partial charge is 0.466 e. The molecule has 3 N–H and O–H groups in total. The molecule has 130 valence electrons. The summed E-state index contributed by atoms with van der Waals surface area (Å²) >= 11 is 0. The third-order valence-electron chi connectivity index (χ3n) is 3.80. The molecule has 2 heterocycles. The Morgan fingerprint density at radius 2 is 2.04 bits per heavy atom. The van der Waals surface area contributed by atoms with E-state index in [2.05, 4.69) is 15.7 Å². The first kappa shape index (κ1) is 16.8. The molecule has 0 spiro atoms. The Kier molecular flexibility index (Phi) is 4.58. The Bertz CT molecular complexity index is 839. The molecule has 0 radical (unpaired) electrons. The van der Waals surface area contributed by atoms with Crippen molar-refractivity contribution in [3.63, 3.8) is 0 Å². The molecule has 0 saturated carbocycles. The first-order chi connectivity index (χ1) is 12.0. The summed E-state index contributed by atoms with van der Waals surface area (Å²) in [4.78, 5) is 12.1. The van der Waals surface area contributed by atoms with Crippen LogP contribution in [0.15, 0.2) is 59.3 Å². The maximum Gasteiger partial charge on any atom is 0.320 e. The van der Waals surface area contributed by atoms with Gasteiger partial charge in [-0.05, 0) is 38.1 Å². The highest BCUT2D eigenvalue weighted by molar-refractivity contribution is 5.88. The lowest BCUT2D eigenvalue weighted by atomic mass is 10.0. The number of hydrogen-bond donors (Lipinski definition) is 3. The summed E-state index contributed by atoms with van der Waals surface area (Å²) in [7, 11) is 0. The van der Waals surface area contributed by atoms with Gasteiger partial charge in [-0.2, -0.15) is 0 Å². The molecule has 3 aromatic rings. The normalized spacial score (nSPS) is 13.2. The number of nitrogens with zero attached hydrogens (tertiary/aromatic N) is 2. The summed E-state index contributed by atoms with van der Waals surface area (Å²) in [5.41, 5.74) is 0.441. The molecule has 0 aliphatic rings. The number of amides is 2. The number of aliphatic hydroxyl groups is 1. The van der Waals surface area contributed by atoms with Gasteiger partial charge < -0.3 is 14.8 Å². The van der Waals surface area contributed by atoms with E-state index in [1.54, 1.807) is 23.7 Å². The maximum absolute atomic E-state index is 12.1. The van der Waals surface area contributed by atoms with Crippen molar-refractivity contribution in [2.24, 2.45) is 0 Å². The number of aromatic nitrogens is 2. The summed E-state index contributed by atoms with van der Waals surface area (Å²) in [5, 5.41) is 20.0. The van der Waals surface area contributed by atoms with Crippen molar-refractivity contribution in [1.29, 1.82) is 0 Å². The third-order valence-corrected chi connectivity index (χ3v) is 3.80. The van der Waals surface area contributed by atoms with Crippen LogP contribution in [-0.4, -0.2) is 27.5 Å². The standard InChI is InChI=1S/C18H20N4O3/c1-13-11-22(14-7-4-3-5-8-14)21-16(13)20-17(23)19-12-18(2,24)15-9-6-10-25-15/h3-11,24H,12H2,1-2H3,(H2,19,20,21,23). The van der Waals surface area contributed by atoms with Gasteiger partial charge >= 0.3 is 6.03 Å². The fraction of sp³-hybridized carbons (Fsp3) is 0.222. The van der Waals surface area contributed by atoms with E-state index in [1.165, 1.54) is 6.26 Å². The van der Waals surface area contributed by atoms with Crippen LogP contribution in [-0.2, 0) is 5.60 Å². The number of hydrogen-bond acceptors (Lipinski definition) is 4. The number of carbonyl (C=O) groups excluding carboxylic acids is 1. The van der Waals surface area contributed by atoms with Gasteiger partial charge in [-0.3, -0.25) is 5.32 Å². The molecule has 0 aliphatic carbocycles. The molecular weight excluding hydrogens is 320 g/mol. The summed E-state index contributed by atoms with van der Waals surface area (Å²) < 4.78 is 6.88. The molecule has 2 aromatic heterocycles. The number of anilines is 1. The van der Waals surface area contributed by atoms with E-state index in [0.717, 1.165) is 11.3 Å². The Balaban J connectivity index is 1.63. The van der Waals surface area contributed by atoms with Crippen LogP contribution in [0.25, 0.3) is 5.69 Å². The van der Waals surface area contributed by atoms with Crippen molar-refractivity contribution in [2.45, 2.75) is 19.4 Å². The quantitative estimate of drug-likeness (QED) is 0.666. The van der Waals surface area contributed by atoms with Crippen LogP contribution in [0, 0.1) is 6.92 Å². The average Bonchev–Trinajstić information content (AvgIpc) is 3.25. The van der Waals surface area contributed by atoms with Crippen LogP contribution in [0.1, 0.15) is 18.2 Å². The highest BCUT2D eigenvalue weighted by Crippen LogP contribution is 2.20. The van der Waals surface area contributed by atoms with Crippen LogP contribution in [0.4, 0.5) is 10.6 Å². The second kappa shape index (κ2) is 6.82. The van der Waals surface area contributed by atoms with Gasteiger partial charge in [0.1, 0.15) is 11.4 Å². The number of urea groups is 1. The van der Waals surface area contributed by atoms with Gasteiger partial charge in [0.25, 0.3) is 0 Å². The van der Waals surface area contributed by atoms with Gasteiger partial charge in [-0.15, -0.1) is 5.10 Å². The molecule has 1 atom stereocenters. The Morgan fingerprint density at radius 3 is 2.72 bits per heavy atom. The Labute approximate surface area is 145 Å². The molecule has 1 unspecified atom stereocenters. The highest BCUT2D eigenvalue weighted by Gasteiger charge is 2.27. The lowest BCUT2D eigenvalue weighted by Crippen LogP contribution is -2.40. The van der Waals surface area contributed by atoms with Gasteiger partial charge in [0.2, 0.25) is 0 Å². The first-order valence-corrected chi connectivity index (χ1v) is 7.88. The molecule has 25 heavy (non-hydrogen) atoms. The van der Waals surface area contributed by atoms with E-state index in [4.69, 9.17) is 4.42 Å². The zero-order valence-electron chi connectivity index (χ0n) is 14.1. The fourth-order valence-corrected chi connectivity index (χ4v) is 2.37. The van der Waals surface area contributed by atoms with Crippen molar-refractivity contribution in [3.8, 4) is 5.69 Å². The number of furan rings is 1. The Morgan fingerprint density at radius 1 is 1.28 bits per heavy atom. The Hall–Kier alpha value is -3.06. The minimum atomic E-state index is -1.29. The summed E-state index contributed by atoms with van der Waals surface area (Å²) in [6, 6.07) is 12.5. The molecule has 0 saturated heterocycles. The zero-order valence-corrected chi connectivity index (χ0v) is 14.1. The number of aryl methyl sites for hydroxylation is 1. The monoisotopic (exact) mass is 340 g/mol. The summed E-state index contributed by atoms with van der Waals surface area (Å²) in [5.74, 6) is 0.844. The van der Waals surface area contributed by atoms with Gasteiger partial charge in [0.15, 0.2) is 5.82 Å². The average molecular weight is 340 g/mol. The fourth-order valence-electron chi connectivity index (χ4n) is 2.37. The molecule has 2 amide bonds. The number of benzene rings is 1. The zero-order chi connectivity index (χ0) is 17.9. The second-order valence-corrected chi connectivity index (χ2v) is 6.00. The highest BCUT2D eigenvalue weighted by atomic mass is 16.4. The van der Waals surface area contributed by atoms with Crippen LogP contribution in [0.2, 0.25) is 0 Å². The van der Waals surface area contributed by atoms with E-state index in [9.17, 15) is 9.90 Å². The van der Waals surface area contributed by atoms with Crippen molar-refractivity contribution in [3.05, 3.63) is 66.2 Å². The van der Waals surface area contributed by atoms with E-state index >= 15 is 0 Å². The SMILES string of the molecule is Cc1cn(-c2ccccc2)nc1NC(=O)NCC(C)(O)c1ccco1. The van der Waals surface area contributed by atoms with Crippen LogP contribution >= 0.6 is 0 Å². The lowest BCUT2D eigenvalue weighted by Gasteiger charge is -2.21. The van der Waals surface area contributed by atoms with Crippen LogP contribution in [0.5, 0.6) is 0 Å². The smallest absolute Gasteiger partial charge is 0.320 e. The molecule has 0 aliphatic heterocycles. The van der Waals surface area contributed by atoms with E-state index in [-0.39, 0.29) is 6.54 Å². The van der Waals surface area contributed by atoms with Crippen LogP contribution in [0.3, 0.4) is 0 Å². The predicted molar refractivity (Wildman–Crippen MR) is 93.6 cm³/mol. The van der Waals surface area contributed by atoms with E-state index < -0.39 is 11.6 Å². The minimum absolute atomic E-state index is 0.00475. The van der Waals surface area contributed by atoms with Gasteiger partial charge in [-0.1, -0.05) is 18.2 Å². The van der Waals surface area contributed by atoms with Gasteiger partial charge in [0.05, 0.1) is 18.5 Å². The van der Waals surface area contributed by atoms with Gasteiger partial charge in [0, 0.05) is 11.8 Å². The van der Waals surface area contributed by atoms with E-state index in [0.29, 0.717) is 11.6 Å². The molecule has 3 rings (SSSR count). The predicted octanol–water partition coefficient (Wildman–Crippen LogP) is 2.80. The second-order valence-electron chi connectivity index (χ2n) is 6.00. The van der Waals surface area contributed by atoms with Crippen molar-refractivity contribution < 1.29 is 14.3 Å². The number of para-hydroxylation sites is 1. The third kappa shape index (κ3) is 3.89. The molecule has 1 aromatic carbocycles. The van der Waals surface area contributed by atoms with Crippen molar-refractivity contribution >= 4 is 11.8 Å². The molecule has 0 fully saturated rings. The molecule has 0 bridgehead atoms. The molecule has 7 heteroatoms. The van der Waals surface area contributed by atoms with E-state index in [1.807, 2.05) is 43.5 Å². The number of rotatable bonds is 5. The van der Waals surface area contributed by atoms with Crippen molar-refractivity contribution in [1.82, 2.24) is 15.1 Å². The first-order valence-electron chi connectivity index (χ1n) is 7.88. The minimum Gasteiger partial charge on any atom is -0.466 e. The summed E-state index contributed by atoms with van der Waals surface area (Å²) in [6.45, 7) is 3.44. The number of carbonyl (C=O) groups is 1. The van der Waals surface area contributed by atoms with Gasteiger partial charge in [-0.25, -0.2) is 9.48 Å². The molecular formula is C18H20N4O3. The maximum atomic E-state index is 12.1. The topological polar surface area (TPSA) is 92.3 Å².